The number of hydrogen-bond acceptors (Lipinski definition) is 4. The first kappa shape index (κ1) is 17.1. The first-order valence-corrected chi connectivity index (χ1v) is 7.06. The zero-order valence-electron chi connectivity index (χ0n) is 11.9. The van der Waals surface area contributed by atoms with E-state index in [4.69, 9.17) is 24.7 Å². The van der Waals surface area contributed by atoms with Crippen LogP contribution in [-0.2, 0) is 4.57 Å². The topological polar surface area (TPSA) is 81.8 Å². The van der Waals surface area contributed by atoms with Crippen molar-refractivity contribution in [3.8, 4) is 11.5 Å². The molecule has 2 rings (SSSR count). The summed E-state index contributed by atoms with van der Waals surface area (Å²) in [6.45, 7) is 0. The molecule has 0 aliphatic rings. The van der Waals surface area contributed by atoms with Crippen LogP contribution in [0.1, 0.15) is 17.2 Å². The Morgan fingerprint density at radius 1 is 0.905 bits per heavy atom. The van der Waals surface area contributed by atoms with Gasteiger partial charge in [0, 0.05) is 0 Å². The minimum absolute atomic E-state index is 0.137. The smallest absolute Gasteiger partial charge is 0.491 e. The molecular weight excluding hydrogens is 289 g/mol. The molecule has 6 heteroatoms. The fraction of sp³-hybridized carbons (Fsp3) is 0.200. The highest BCUT2D eigenvalue weighted by molar-refractivity contribution is 7.16. The second-order valence-electron chi connectivity index (χ2n) is 4.12. The molecule has 0 saturated carbocycles. The van der Waals surface area contributed by atoms with Crippen LogP contribution in [0.15, 0.2) is 48.5 Å². The summed E-state index contributed by atoms with van der Waals surface area (Å²) in [4.78, 5) is 7.04. The van der Waals surface area contributed by atoms with E-state index in [1.807, 2.05) is 48.5 Å². The van der Waals surface area contributed by atoms with Gasteiger partial charge in [-0.15, -0.1) is 0 Å². The predicted octanol–water partition coefficient (Wildman–Crippen LogP) is 2.67. The van der Waals surface area contributed by atoms with E-state index in [0.717, 1.165) is 22.6 Å². The van der Waals surface area contributed by atoms with Gasteiger partial charge in [-0.2, -0.15) is 4.89 Å². The molecule has 2 aromatic rings. The molecule has 0 amide bonds. The van der Waals surface area contributed by atoms with E-state index in [0.29, 0.717) is 0 Å². The van der Waals surface area contributed by atoms with Crippen molar-refractivity contribution in [2.75, 3.05) is 14.2 Å². The monoisotopic (exact) mass is 308 g/mol. The lowest BCUT2D eigenvalue weighted by molar-refractivity contribution is 0.414. The molecule has 0 aliphatic heterocycles. The van der Waals surface area contributed by atoms with Gasteiger partial charge in [-0.1, -0.05) is 24.3 Å². The average molecular weight is 308 g/mol. The molecule has 0 spiro atoms. The van der Waals surface area contributed by atoms with Crippen molar-refractivity contribution < 1.29 is 18.9 Å². The predicted molar refractivity (Wildman–Crippen MR) is 83.2 cm³/mol. The Hall–Kier alpha value is -1.94. The zero-order valence-corrected chi connectivity index (χ0v) is 12.9. The third-order valence-electron chi connectivity index (χ3n) is 2.95. The molecule has 0 radical (unpaired) electrons. The van der Waals surface area contributed by atoms with E-state index < -0.39 is 8.69 Å². The van der Waals surface area contributed by atoms with Crippen molar-refractivity contribution in [2.45, 2.75) is 6.04 Å². The van der Waals surface area contributed by atoms with Crippen molar-refractivity contribution in [3.63, 3.8) is 0 Å². The highest BCUT2D eigenvalue weighted by Gasteiger charge is 2.08. The molecule has 2 aromatic carbocycles. The number of methoxy groups -OCH3 is 2. The lowest BCUT2D eigenvalue weighted by atomic mass is 9.99. The lowest BCUT2D eigenvalue weighted by Gasteiger charge is -2.13. The third-order valence-corrected chi connectivity index (χ3v) is 2.95. The Bertz CT molecular complexity index is 495. The standard InChI is InChI=1S/C15H17NO2.HO2P/c1-17-13-7-3-11(4-8-13)15(16)12-5-9-14(18-2)10-6-12;1-3-2/h3-10,15H,16H2,1-2H3;3H/p+1. The van der Waals surface area contributed by atoms with Crippen LogP contribution in [0, 0.1) is 0 Å². The Morgan fingerprint density at radius 3 is 1.43 bits per heavy atom. The normalized spacial score (nSPS) is 9.95. The summed E-state index contributed by atoms with van der Waals surface area (Å²) >= 11 is 0. The summed E-state index contributed by atoms with van der Waals surface area (Å²) < 4.78 is 18.8. The van der Waals surface area contributed by atoms with Gasteiger partial charge in [0.1, 0.15) is 11.5 Å². The summed E-state index contributed by atoms with van der Waals surface area (Å²) in [6.07, 6.45) is 0. The second kappa shape index (κ2) is 9.08. The highest BCUT2D eigenvalue weighted by Crippen LogP contribution is 2.23. The number of ether oxygens (including phenoxy) is 2. The molecule has 1 unspecified atom stereocenters. The van der Waals surface area contributed by atoms with Crippen LogP contribution in [-0.4, -0.2) is 19.1 Å². The zero-order chi connectivity index (χ0) is 15.7. The summed E-state index contributed by atoms with van der Waals surface area (Å²) in [5.74, 6) is 1.67. The quantitative estimate of drug-likeness (QED) is 0.849. The molecule has 0 bridgehead atoms. The van der Waals surface area contributed by atoms with Gasteiger partial charge in [0.25, 0.3) is 0 Å². The SMILES string of the molecule is COc1ccc(C(N)c2ccc(OC)cc2)cc1.O=[PH+]O. The maximum absolute atomic E-state index is 8.51. The Kier molecular flexibility index (Phi) is 7.40. The number of hydrogen-bond donors (Lipinski definition) is 2. The number of rotatable bonds is 4. The van der Waals surface area contributed by atoms with E-state index >= 15 is 0 Å². The van der Waals surface area contributed by atoms with Gasteiger partial charge in [0.2, 0.25) is 0 Å². The van der Waals surface area contributed by atoms with E-state index in [1.54, 1.807) is 14.2 Å². The Labute approximate surface area is 125 Å². The van der Waals surface area contributed by atoms with Gasteiger partial charge in [-0.3, -0.25) is 0 Å². The van der Waals surface area contributed by atoms with Gasteiger partial charge in [-0.25, -0.2) is 0 Å². The van der Waals surface area contributed by atoms with Crippen LogP contribution < -0.4 is 15.2 Å². The van der Waals surface area contributed by atoms with Crippen molar-refractivity contribution in [1.29, 1.82) is 0 Å². The maximum Gasteiger partial charge on any atom is 0.491 e. The Balaban J connectivity index is 0.000000677. The summed E-state index contributed by atoms with van der Waals surface area (Å²) in [5, 5.41) is 0. The van der Waals surface area contributed by atoms with Crippen LogP contribution in [0.2, 0.25) is 0 Å². The van der Waals surface area contributed by atoms with Gasteiger partial charge >= 0.3 is 8.69 Å². The average Bonchev–Trinajstić information content (AvgIpc) is 2.55. The fourth-order valence-electron chi connectivity index (χ4n) is 1.81. The molecule has 21 heavy (non-hydrogen) atoms. The van der Waals surface area contributed by atoms with E-state index in [9.17, 15) is 0 Å². The van der Waals surface area contributed by atoms with Gasteiger partial charge < -0.3 is 15.2 Å². The lowest BCUT2D eigenvalue weighted by Crippen LogP contribution is -2.11. The minimum atomic E-state index is -1.17. The van der Waals surface area contributed by atoms with Crippen LogP contribution in [0.5, 0.6) is 11.5 Å². The summed E-state index contributed by atoms with van der Waals surface area (Å²) in [5.41, 5.74) is 8.33. The van der Waals surface area contributed by atoms with E-state index in [-0.39, 0.29) is 6.04 Å². The van der Waals surface area contributed by atoms with Gasteiger partial charge in [0.15, 0.2) is 0 Å². The highest BCUT2D eigenvalue weighted by atomic mass is 31.1. The van der Waals surface area contributed by atoms with Gasteiger partial charge in [0.05, 0.1) is 20.3 Å². The number of nitrogens with two attached hydrogens (primary N) is 1. The second-order valence-corrected chi connectivity index (χ2v) is 4.30. The van der Waals surface area contributed by atoms with Crippen LogP contribution in [0.25, 0.3) is 0 Å². The molecule has 0 heterocycles. The number of benzene rings is 2. The van der Waals surface area contributed by atoms with Crippen LogP contribution in [0.3, 0.4) is 0 Å². The minimum Gasteiger partial charge on any atom is -0.497 e. The van der Waals surface area contributed by atoms with E-state index in [2.05, 4.69) is 0 Å². The third kappa shape index (κ3) is 5.16. The molecular formula is C15H19NO4P+. The molecule has 1 atom stereocenters. The largest absolute Gasteiger partial charge is 0.497 e. The molecule has 5 nitrogen and oxygen atoms in total. The molecule has 0 aromatic heterocycles. The first-order chi connectivity index (χ1) is 10.2. The maximum atomic E-state index is 8.51. The van der Waals surface area contributed by atoms with E-state index in [1.165, 1.54) is 0 Å². The summed E-state index contributed by atoms with van der Waals surface area (Å²) in [7, 11) is 2.14. The van der Waals surface area contributed by atoms with Crippen molar-refractivity contribution in [2.24, 2.45) is 5.73 Å². The molecule has 112 valence electrons. The summed E-state index contributed by atoms with van der Waals surface area (Å²) in [6, 6.07) is 15.4. The van der Waals surface area contributed by atoms with Gasteiger partial charge in [-0.05, 0) is 40.0 Å². The fourth-order valence-corrected chi connectivity index (χ4v) is 1.81. The molecule has 0 aliphatic carbocycles. The van der Waals surface area contributed by atoms with Crippen LogP contribution >= 0.6 is 8.69 Å². The Morgan fingerprint density at radius 2 is 1.19 bits per heavy atom. The van der Waals surface area contributed by atoms with Crippen LogP contribution in [0.4, 0.5) is 0 Å². The first-order valence-electron chi connectivity index (χ1n) is 6.21. The molecule has 0 saturated heterocycles. The molecule has 0 fully saturated rings. The molecule has 3 N–H and O–H groups in total. The van der Waals surface area contributed by atoms with Crippen molar-refractivity contribution in [1.82, 2.24) is 0 Å². The van der Waals surface area contributed by atoms with Crippen molar-refractivity contribution in [3.05, 3.63) is 59.7 Å². The van der Waals surface area contributed by atoms with Crippen molar-refractivity contribution >= 4 is 8.69 Å².